The lowest BCUT2D eigenvalue weighted by Crippen LogP contribution is -2.20. The summed E-state index contributed by atoms with van der Waals surface area (Å²) in [6.45, 7) is 0.467. The summed E-state index contributed by atoms with van der Waals surface area (Å²) in [4.78, 5) is 27.5. The molecule has 1 amide bonds. The molecular weight excluding hydrogens is 286 g/mol. The molecule has 0 spiro atoms. The molecule has 0 saturated carbocycles. The Morgan fingerprint density at radius 2 is 2.05 bits per heavy atom. The average Bonchev–Trinajstić information content (AvgIpc) is 2.89. The first-order valence-electron chi connectivity index (χ1n) is 6.62. The molecule has 0 bridgehead atoms. The van der Waals surface area contributed by atoms with Crippen LogP contribution in [0.25, 0.3) is 0 Å². The van der Waals surface area contributed by atoms with Crippen LogP contribution in [-0.2, 0) is 13.6 Å². The Kier molecular flexibility index (Phi) is 4.40. The fourth-order valence-electron chi connectivity index (χ4n) is 2.23. The number of aryl methyl sites for hydroxylation is 1. The molecule has 0 fully saturated rings. The van der Waals surface area contributed by atoms with Gasteiger partial charge in [0.2, 0.25) is 12.1 Å². The van der Waals surface area contributed by atoms with E-state index in [0.717, 1.165) is 5.56 Å². The van der Waals surface area contributed by atoms with E-state index in [0.29, 0.717) is 17.9 Å². The average molecular weight is 303 g/mol. The molecule has 0 aliphatic rings. The number of nitrogens with one attached hydrogen (secondary N) is 1. The minimum Gasteiger partial charge on any atom is -0.358 e. The van der Waals surface area contributed by atoms with Crippen LogP contribution in [0.4, 0.5) is 11.6 Å². The first-order valence-corrected chi connectivity index (χ1v) is 6.62. The van der Waals surface area contributed by atoms with Crippen molar-refractivity contribution in [3.63, 3.8) is 0 Å². The van der Waals surface area contributed by atoms with Crippen molar-refractivity contribution in [1.82, 2.24) is 14.9 Å². The van der Waals surface area contributed by atoms with Gasteiger partial charge in [-0.2, -0.15) is 0 Å². The topological polar surface area (TPSA) is 93.3 Å². The molecule has 2 rings (SSSR count). The molecule has 0 aliphatic heterocycles. The van der Waals surface area contributed by atoms with Crippen molar-refractivity contribution in [2.24, 2.45) is 7.05 Å². The number of rotatable bonds is 5. The van der Waals surface area contributed by atoms with E-state index in [-0.39, 0.29) is 11.7 Å². The number of benzene rings is 1. The number of amides is 1. The summed E-state index contributed by atoms with van der Waals surface area (Å²) in [5.74, 6) is 0.106. The van der Waals surface area contributed by atoms with Gasteiger partial charge in [-0.15, -0.1) is 0 Å². The van der Waals surface area contributed by atoms with Crippen molar-refractivity contribution in [2.75, 3.05) is 19.0 Å². The van der Waals surface area contributed by atoms with E-state index in [1.165, 1.54) is 6.33 Å². The van der Waals surface area contributed by atoms with Gasteiger partial charge in [0.25, 0.3) is 5.91 Å². The van der Waals surface area contributed by atoms with E-state index in [1.54, 1.807) is 42.7 Å². The van der Waals surface area contributed by atoms with Gasteiger partial charge in [0, 0.05) is 33.3 Å². The van der Waals surface area contributed by atoms with Crippen molar-refractivity contribution >= 4 is 17.5 Å². The first-order chi connectivity index (χ1) is 10.4. The molecule has 116 valence electrons. The second kappa shape index (κ2) is 6.25. The van der Waals surface area contributed by atoms with Crippen molar-refractivity contribution < 1.29 is 9.72 Å². The van der Waals surface area contributed by atoms with E-state index in [4.69, 9.17) is 0 Å². The summed E-state index contributed by atoms with van der Waals surface area (Å²) in [5, 5.41) is 13.6. The standard InChI is InChI=1S/C14H17N5O3/c1-15-13(20)11-6-4-10(5-7-11)8-17(2)14-12(19(21)22)16-9-18(14)3/h4-7,9H,8H2,1-3H3,(H,15,20). The number of hydrogen-bond acceptors (Lipinski definition) is 5. The van der Waals surface area contributed by atoms with Gasteiger partial charge < -0.3 is 20.3 Å². The van der Waals surface area contributed by atoms with Crippen LogP contribution in [0.15, 0.2) is 30.6 Å². The van der Waals surface area contributed by atoms with Gasteiger partial charge in [0.15, 0.2) is 0 Å². The SMILES string of the molecule is CNC(=O)c1ccc(CN(C)c2c([N+](=O)[O-])ncn2C)cc1. The smallest absolute Gasteiger partial charge is 0.358 e. The number of carbonyl (C=O) groups is 1. The number of imidazole rings is 1. The summed E-state index contributed by atoms with van der Waals surface area (Å²) in [6.07, 6.45) is 1.42. The molecule has 1 N–H and O–H groups in total. The number of aromatic nitrogens is 2. The van der Waals surface area contributed by atoms with Gasteiger partial charge >= 0.3 is 5.82 Å². The lowest BCUT2D eigenvalue weighted by molar-refractivity contribution is -0.388. The van der Waals surface area contributed by atoms with Crippen LogP contribution >= 0.6 is 0 Å². The summed E-state index contributed by atoms with van der Waals surface area (Å²) in [6, 6.07) is 7.09. The Labute approximate surface area is 127 Å². The van der Waals surface area contributed by atoms with E-state index >= 15 is 0 Å². The molecule has 8 nitrogen and oxygen atoms in total. The highest BCUT2D eigenvalue weighted by Gasteiger charge is 2.23. The van der Waals surface area contributed by atoms with Crippen LogP contribution in [0.3, 0.4) is 0 Å². The molecule has 22 heavy (non-hydrogen) atoms. The molecule has 0 atom stereocenters. The Hall–Kier alpha value is -2.90. The van der Waals surface area contributed by atoms with Gasteiger partial charge in [0.1, 0.15) is 0 Å². The predicted octanol–water partition coefficient (Wildman–Crippen LogP) is 1.32. The number of carbonyl (C=O) groups excluding carboxylic acids is 1. The lowest BCUT2D eigenvalue weighted by atomic mass is 10.1. The number of anilines is 1. The normalized spacial score (nSPS) is 10.3. The maximum Gasteiger partial charge on any atom is 0.406 e. The molecule has 0 saturated heterocycles. The van der Waals surface area contributed by atoms with Crippen molar-refractivity contribution in [3.8, 4) is 0 Å². The third-order valence-electron chi connectivity index (χ3n) is 3.28. The van der Waals surface area contributed by atoms with E-state index in [2.05, 4.69) is 10.3 Å². The highest BCUT2D eigenvalue weighted by molar-refractivity contribution is 5.93. The Morgan fingerprint density at radius 1 is 1.41 bits per heavy atom. The van der Waals surface area contributed by atoms with Crippen LogP contribution in [0.1, 0.15) is 15.9 Å². The molecule has 0 aliphatic carbocycles. The van der Waals surface area contributed by atoms with Crippen LogP contribution < -0.4 is 10.2 Å². The summed E-state index contributed by atoms with van der Waals surface area (Å²) in [5.41, 5.74) is 1.51. The predicted molar refractivity (Wildman–Crippen MR) is 81.8 cm³/mol. The molecule has 1 aromatic heterocycles. The minimum absolute atomic E-state index is 0.151. The second-order valence-corrected chi connectivity index (χ2v) is 4.89. The van der Waals surface area contributed by atoms with E-state index < -0.39 is 4.92 Å². The Morgan fingerprint density at radius 3 is 2.59 bits per heavy atom. The van der Waals surface area contributed by atoms with E-state index in [9.17, 15) is 14.9 Å². The fourth-order valence-corrected chi connectivity index (χ4v) is 2.23. The highest BCUT2D eigenvalue weighted by Crippen LogP contribution is 2.25. The zero-order valence-corrected chi connectivity index (χ0v) is 12.6. The first kappa shape index (κ1) is 15.5. The molecule has 2 aromatic rings. The van der Waals surface area contributed by atoms with Crippen LogP contribution in [0, 0.1) is 10.1 Å². The van der Waals surface area contributed by atoms with Gasteiger partial charge in [0.05, 0.1) is 0 Å². The van der Waals surface area contributed by atoms with Gasteiger partial charge in [-0.25, -0.2) is 0 Å². The lowest BCUT2D eigenvalue weighted by Gasteiger charge is -2.18. The van der Waals surface area contributed by atoms with Gasteiger partial charge in [-0.3, -0.25) is 9.36 Å². The zero-order valence-electron chi connectivity index (χ0n) is 12.6. The summed E-state index contributed by atoms with van der Waals surface area (Å²) >= 11 is 0. The van der Waals surface area contributed by atoms with Gasteiger partial charge in [-0.1, -0.05) is 12.1 Å². The van der Waals surface area contributed by atoms with Crippen LogP contribution in [0.2, 0.25) is 0 Å². The molecule has 1 aromatic carbocycles. The molecule has 0 unspecified atom stereocenters. The number of hydrogen-bond donors (Lipinski definition) is 1. The molecule has 1 heterocycles. The third-order valence-corrected chi connectivity index (χ3v) is 3.28. The summed E-state index contributed by atoms with van der Waals surface area (Å²) < 4.78 is 1.61. The maximum atomic E-state index is 11.5. The molecule has 0 radical (unpaired) electrons. The Bertz CT molecular complexity index is 693. The minimum atomic E-state index is -0.499. The monoisotopic (exact) mass is 303 g/mol. The molecule has 8 heteroatoms. The fraction of sp³-hybridized carbons (Fsp3) is 0.286. The highest BCUT2D eigenvalue weighted by atomic mass is 16.6. The third kappa shape index (κ3) is 3.05. The van der Waals surface area contributed by atoms with Crippen molar-refractivity contribution in [3.05, 3.63) is 51.8 Å². The maximum absolute atomic E-state index is 11.5. The Balaban J connectivity index is 2.19. The number of nitro groups is 1. The van der Waals surface area contributed by atoms with Crippen LogP contribution in [-0.4, -0.2) is 34.5 Å². The second-order valence-electron chi connectivity index (χ2n) is 4.89. The number of nitrogens with zero attached hydrogens (tertiary/aromatic N) is 4. The van der Waals surface area contributed by atoms with Crippen molar-refractivity contribution in [1.29, 1.82) is 0 Å². The van der Waals surface area contributed by atoms with E-state index in [1.807, 2.05) is 12.1 Å². The largest absolute Gasteiger partial charge is 0.406 e. The molecular formula is C14H17N5O3. The van der Waals surface area contributed by atoms with Gasteiger partial charge in [-0.05, 0) is 27.6 Å². The van der Waals surface area contributed by atoms with Crippen molar-refractivity contribution in [2.45, 2.75) is 6.54 Å². The van der Waals surface area contributed by atoms with Crippen LogP contribution in [0.5, 0.6) is 0 Å². The summed E-state index contributed by atoms with van der Waals surface area (Å²) in [7, 11) is 5.04. The quantitative estimate of drug-likeness (QED) is 0.664. The zero-order chi connectivity index (χ0) is 16.3.